The molecule has 3 fully saturated rings. The molecule has 0 aliphatic heterocycles. The highest BCUT2D eigenvalue weighted by Crippen LogP contribution is 2.64. The summed E-state index contributed by atoms with van der Waals surface area (Å²) in [5.41, 5.74) is 0.875. The smallest absolute Gasteiger partial charge is 0.178 e. The van der Waals surface area contributed by atoms with Crippen molar-refractivity contribution < 1.29 is 15.0 Å². The number of carbonyl (C=O) groups excluding carboxylic acids is 1. The molecule has 3 heteroatoms. The lowest BCUT2D eigenvalue weighted by molar-refractivity contribution is -0.129. The second kappa shape index (κ2) is 4.55. The minimum Gasteiger partial charge on any atom is -0.393 e. The first-order valence-corrected chi connectivity index (χ1v) is 8.66. The van der Waals surface area contributed by atoms with Gasteiger partial charge in [-0.3, -0.25) is 4.79 Å². The molecule has 3 saturated carbocycles. The van der Waals surface area contributed by atoms with E-state index in [0.717, 1.165) is 25.7 Å². The van der Waals surface area contributed by atoms with Gasteiger partial charge in [-0.2, -0.15) is 0 Å². The van der Waals surface area contributed by atoms with Crippen LogP contribution in [0, 0.1) is 28.6 Å². The Labute approximate surface area is 132 Å². The van der Waals surface area contributed by atoms with Gasteiger partial charge in [-0.15, -0.1) is 0 Å². The quantitative estimate of drug-likeness (QED) is 0.723. The van der Waals surface area contributed by atoms with E-state index in [1.54, 1.807) is 12.2 Å². The fourth-order valence-electron chi connectivity index (χ4n) is 6.30. The SMILES string of the molecule is CC12C=CC(=O)C=C1CCC1C2C(O)CC2(C)C1CC[C@H]2O. The van der Waals surface area contributed by atoms with Crippen LogP contribution in [-0.2, 0) is 4.79 Å². The molecular formula is C19H26O3. The van der Waals surface area contributed by atoms with Crippen LogP contribution in [0.25, 0.3) is 0 Å². The summed E-state index contributed by atoms with van der Waals surface area (Å²) in [5, 5.41) is 21.4. The Morgan fingerprint density at radius 1 is 1.18 bits per heavy atom. The van der Waals surface area contributed by atoms with Gasteiger partial charge in [0.25, 0.3) is 0 Å². The van der Waals surface area contributed by atoms with E-state index in [2.05, 4.69) is 13.8 Å². The van der Waals surface area contributed by atoms with Crippen LogP contribution in [0.15, 0.2) is 23.8 Å². The van der Waals surface area contributed by atoms with Crippen molar-refractivity contribution >= 4 is 5.78 Å². The van der Waals surface area contributed by atoms with Crippen molar-refractivity contribution in [3.8, 4) is 0 Å². The monoisotopic (exact) mass is 302 g/mol. The minimum atomic E-state index is -0.398. The van der Waals surface area contributed by atoms with Crippen LogP contribution in [0.4, 0.5) is 0 Å². The van der Waals surface area contributed by atoms with Crippen LogP contribution >= 0.6 is 0 Å². The predicted molar refractivity (Wildman–Crippen MR) is 84.0 cm³/mol. The van der Waals surface area contributed by atoms with Crippen LogP contribution < -0.4 is 0 Å². The van der Waals surface area contributed by atoms with Crippen molar-refractivity contribution in [3.63, 3.8) is 0 Å². The first-order valence-electron chi connectivity index (χ1n) is 8.66. The van der Waals surface area contributed by atoms with Gasteiger partial charge in [0.15, 0.2) is 5.78 Å². The lowest BCUT2D eigenvalue weighted by Crippen LogP contribution is -2.56. The second-order valence-electron chi connectivity index (χ2n) is 8.39. The van der Waals surface area contributed by atoms with Gasteiger partial charge in [0.1, 0.15) is 0 Å². The highest BCUT2D eigenvalue weighted by atomic mass is 16.3. The van der Waals surface area contributed by atoms with Crippen LogP contribution in [0.3, 0.4) is 0 Å². The maximum absolute atomic E-state index is 11.7. The van der Waals surface area contributed by atoms with Gasteiger partial charge < -0.3 is 10.2 Å². The highest BCUT2D eigenvalue weighted by molar-refractivity contribution is 6.01. The molecule has 0 aromatic heterocycles. The molecule has 120 valence electrons. The Balaban J connectivity index is 1.76. The number of allylic oxidation sites excluding steroid dienone is 4. The molecule has 0 bridgehead atoms. The van der Waals surface area contributed by atoms with Gasteiger partial charge in [0, 0.05) is 11.3 Å². The third kappa shape index (κ3) is 1.73. The first kappa shape index (κ1) is 14.6. The van der Waals surface area contributed by atoms with Crippen LogP contribution in [0.2, 0.25) is 0 Å². The molecule has 0 aromatic rings. The zero-order valence-corrected chi connectivity index (χ0v) is 13.5. The van der Waals surface area contributed by atoms with Crippen molar-refractivity contribution in [3.05, 3.63) is 23.8 Å². The number of aliphatic hydroxyl groups excluding tert-OH is 2. The van der Waals surface area contributed by atoms with E-state index in [9.17, 15) is 15.0 Å². The first-order chi connectivity index (χ1) is 10.4. The van der Waals surface area contributed by atoms with Gasteiger partial charge in [0.05, 0.1) is 12.2 Å². The normalized spacial score (nSPS) is 53.5. The van der Waals surface area contributed by atoms with Gasteiger partial charge >= 0.3 is 0 Å². The van der Waals surface area contributed by atoms with Gasteiger partial charge in [-0.25, -0.2) is 0 Å². The molecular weight excluding hydrogens is 276 g/mol. The third-order valence-corrected chi connectivity index (χ3v) is 7.44. The third-order valence-electron chi connectivity index (χ3n) is 7.44. The van der Waals surface area contributed by atoms with Crippen molar-refractivity contribution in [2.24, 2.45) is 28.6 Å². The molecule has 0 heterocycles. The fourth-order valence-corrected chi connectivity index (χ4v) is 6.30. The Hall–Kier alpha value is -0.930. The van der Waals surface area contributed by atoms with Crippen LogP contribution in [0.1, 0.15) is 46.0 Å². The van der Waals surface area contributed by atoms with E-state index in [4.69, 9.17) is 0 Å². The summed E-state index contributed by atoms with van der Waals surface area (Å²) in [6, 6.07) is 0. The van der Waals surface area contributed by atoms with Crippen molar-refractivity contribution in [1.82, 2.24) is 0 Å². The molecule has 4 rings (SSSR count). The highest BCUT2D eigenvalue weighted by Gasteiger charge is 2.61. The maximum Gasteiger partial charge on any atom is 0.178 e. The Kier molecular flexibility index (Phi) is 3.03. The largest absolute Gasteiger partial charge is 0.393 e. The number of hydrogen-bond acceptors (Lipinski definition) is 3. The van der Waals surface area contributed by atoms with Crippen molar-refractivity contribution in [1.29, 1.82) is 0 Å². The van der Waals surface area contributed by atoms with Crippen molar-refractivity contribution in [2.45, 2.75) is 58.2 Å². The number of ketones is 1. The topological polar surface area (TPSA) is 57.5 Å². The predicted octanol–water partition coefficient (Wildman–Crippen LogP) is 2.63. The number of fused-ring (bicyclic) bond motifs is 5. The van der Waals surface area contributed by atoms with E-state index in [1.807, 2.05) is 6.08 Å². The molecule has 0 spiro atoms. The molecule has 2 N–H and O–H groups in total. The molecule has 0 radical (unpaired) electrons. The summed E-state index contributed by atoms with van der Waals surface area (Å²) in [7, 11) is 0. The minimum absolute atomic E-state index is 0.0809. The Morgan fingerprint density at radius 3 is 2.73 bits per heavy atom. The molecule has 3 nitrogen and oxygen atoms in total. The van der Waals surface area contributed by atoms with E-state index >= 15 is 0 Å². The summed E-state index contributed by atoms with van der Waals surface area (Å²) in [5.74, 6) is 1.21. The van der Waals surface area contributed by atoms with E-state index < -0.39 is 6.10 Å². The Bertz CT molecular complexity index is 577. The average molecular weight is 302 g/mol. The summed E-state index contributed by atoms with van der Waals surface area (Å²) in [6.07, 6.45) is 9.44. The molecule has 7 atom stereocenters. The van der Waals surface area contributed by atoms with Crippen LogP contribution in [-0.4, -0.2) is 28.2 Å². The van der Waals surface area contributed by atoms with E-state index in [0.29, 0.717) is 18.3 Å². The van der Waals surface area contributed by atoms with Crippen LogP contribution in [0.5, 0.6) is 0 Å². The van der Waals surface area contributed by atoms with E-state index in [1.165, 1.54) is 5.57 Å². The number of aliphatic hydroxyl groups is 2. The summed E-state index contributed by atoms with van der Waals surface area (Å²) < 4.78 is 0. The summed E-state index contributed by atoms with van der Waals surface area (Å²) >= 11 is 0. The standard InChI is InChI=1S/C19H26O3/c1-18-8-7-12(20)9-11(18)3-4-13-14-5-6-16(22)19(14,2)10-15(21)17(13)18/h7-9,13-17,21-22H,3-6,10H2,1-2H3/t13?,14?,15?,16-,17?,18?,19?/m1/s1. The molecule has 4 aliphatic carbocycles. The molecule has 0 saturated heterocycles. The summed E-state index contributed by atoms with van der Waals surface area (Å²) in [4.78, 5) is 11.7. The van der Waals surface area contributed by atoms with Gasteiger partial charge in [-0.05, 0) is 61.5 Å². The average Bonchev–Trinajstić information content (AvgIpc) is 2.75. The lowest BCUT2D eigenvalue weighted by atomic mass is 9.47. The van der Waals surface area contributed by atoms with E-state index in [-0.39, 0.29) is 28.6 Å². The number of carbonyl (C=O) groups is 1. The zero-order chi connectivity index (χ0) is 15.7. The molecule has 4 aliphatic rings. The molecule has 0 amide bonds. The Morgan fingerprint density at radius 2 is 1.95 bits per heavy atom. The molecule has 0 aromatic carbocycles. The maximum atomic E-state index is 11.7. The number of hydrogen-bond donors (Lipinski definition) is 2. The molecule has 22 heavy (non-hydrogen) atoms. The van der Waals surface area contributed by atoms with Gasteiger partial charge in [-0.1, -0.05) is 25.5 Å². The van der Waals surface area contributed by atoms with Crippen molar-refractivity contribution in [2.75, 3.05) is 0 Å². The zero-order valence-electron chi connectivity index (χ0n) is 13.5. The van der Waals surface area contributed by atoms with Gasteiger partial charge in [0.2, 0.25) is 0 Å². The lowest BCUT2D eigenvalue weighted by Gasteiger charge is -2.58. The number of rotatable bonds is 0. The second-order valence-corrected chi connectivity index (χ2v) is 8.39. The molecule has 6 unspecified atom stereocenters. The fraction of sp³-hybridized carbons (Fsp3) is 0.737. The summed E-state index contributed by atoms with van der Waals surface area (Å²) in [6.45, 7) is 4.36.